The van der Waals surface area contributed by atoms with Crippen molar-refractivity contribution < 1.29 is 4.74 Å². The second-order valence-electron chi connectivity index (χ2n) is 4.10. The summed E-state index contributed by atoms with van der Waals surface area (Å²) in [6.45, 7) is 5.05. The van der Waals surface area contributed by atoms with Gasteiger partial charge in [0.15, 0.2) is 0 Å². The van der Waals surface area contributed by atoms with E-state index in [1.54, 1.807) is 7.11 Å². The molecule has 90 valence electrons. The molecule has 2 unspecified atom stereocenters. The van der Waals surface area contributed by atoms with Crippen LogP contribution in [-0.4, -0.2) is 19.7 Å². The summed E-state index contributed by atoms with van der Waals surface area (Å²) in [6, 6.07) is 8.27. The fraction of sp³-hybridized carbons (Fsp3) is 0.538. The number of rotatable bonds is 6. The number of benzene rings is 1. The van der Waals surface area contributed by atoms with E-state index in [1.807, 2.05) is 24.3 Å². The van der Waals surface area contributed by atoms with Gasteiger partial charge in [-0.15, -0.1) is 0 Å². The van der Waals surface area contributed by atoms with Crippen LogP contribution < -0.4 is 15.8 Å². The van der Waals surface area contributed by atoms with Crippen LogP contribution in [0.1, 0.15) is 20.3 Å². The van der Waals surface area contributed by atoms with Crippen LogP contribution in [0.5, 0.6) is 5.75 Å². The Hall–Kier alpha value is -1.22. The number of hydrogen-bond acceptors (Lipinski definition) is 3. The highest BCUT2D eigenvalue weighted by Crippen LogP contribution is 2.18. The maximum atomic E-state index is 5.77. The third-order valence-corrected chi connectivity index (χ3v) is 3.03. The van der Waals surface area contributed by atoms with Gasteiger partial charge in [0.05, 0.1) is 7.11 Å². The molecule has 0 aliphatic rings. The molecule has 0 spiro atoms. The Bertz CT molecular complexity index is 297. The Morgan fingerprint density at radius 3 is 2.38 bits per heavy atom. The molecule has 3 heteroatoms. The van der Waals surface area contributed by atoms with E-state index in [-0.39, 0.29) is 0 Å². The number of anilines is 1. The molecule has 0 bridgehead atoms. The van der Waals surface area contributed by atoms with Crippen molar-refractivity contribution in [1.82, 2.24) is 0 Å². The highest BCUT2D eigenvalue weighted by atomic mass is 16.5. The van der Waals surface area contributed by atoms with Gasteiger partial charge in [0.1, 0.15) is 5.75 Å². The van der Waals surface area contributed by atoms with Gasteiger partial charge in [0.25, 0.3) is 0 Å². The monoisotopic (exact) mass is 222 g/mol. The van der Waals surface area contributed by atoms with Gasteiger partial charge < -0.3 is 15.8 Å². The van der Waals surface area contributed by atoms with Crippen molar-refractivity contribution >= 4 is 5.69 Å². The first-order valence-electron chi connectivity index (χ1n) is 5.81. The maximum Gasteiger partial charge on any atom is 0.119 e. The van der Waals surface area contributed by atoms with Crippen LogP contribution in [0.4, 0.5) is 5.69 Å². The summed E-state index contributed by atoms with van der Waals surface area (Å²) in [5, 5.41) is 3.45. The van der Waals surface area contributed by atoms with Crippen molar-refractivity contribution in [3.63, 3.8) is 0 Å². The molecule has 0 aliphatic carbocycles. The zero-order valence-corrected chi connectivity index (χ0v) is 10.4. The number of ether oxygens (including phenoxy) is 1. The van der Waals surface area contributed by atoms with Gasteiger partial charge in [-0.05, 0) is 30.2 Å². The van der Waals surface area contributed by atoms with E-state index in [4.69, 9.17) is 10.5 Å². The molecular formula is C13H22N2O. The molecular weight excluding hydrogens is 200 g/mol. The molecule has 0 saturated heterocycles. The Morgan fingerprint density at radius 2 is 1.94 bits per heavy atom. The average molecular weight is 222 g/mol. The predicted octanol–water partition coefficient (Wildman–Crippen LogP) is 2.48. The van der Waals surface area contributed by atoms with E-state index >= 15 is 0 Å². The molecule has 0 radical (unpaired) electrons. The molecule has 1 aromatic rings. The highest BCUT2D eigenvalue weighted by molar-refractivity contribution is 5.47. The Kier molecular flexibility index (Phi) is 5.12. The first kappa shape index (κ1) is 12.8. The minimum atomic E-state index is 0.332. The number of hydrogen-bond donors (Lipinski definition) is 2. The summed E-state index contributed by atoms with van der Waals surface area (Å²) in [6.07, 6.45) is 1.13. The van der Waals surface area contributed by atoms with Crippen molar-refractivity contribution in [1.29, 1.82) is 0 Å². The van der Waals surface area contributed by atoms with E-state index in [9.17, 15) is 0 Å². The van der Waals surface area contributed by atoms with Crippen molar-refractivity contribution in [2.24, 2.45) is 11.7 Å². The zero-order valence-electron chi connectivity index (χ0n) is 10.4. The van der Waals surface area contributed by atoms with Crippen LogP contribution in [0, 0.1) is 5.92 Å². The fourth-order valence-electron chi connectivity index (χ4n) is 1.62. The summed E-state index contributed by atoms with van der Waals surface area (Å²) in [5.41, 5.74) is 6.86. The lowest BCUT2D eigenvalue weighted by atomic mass is 9.99. The molecule has 1 rings (SSSR count). The standard InChI is InChI=1S/C13H22N2O/c1-4-10(2)13(9-14)15-11-5-7-12(16-3)8-6-11/h5-8,10,13,15H,4,9,14H2,1-3H3. The smallest absolute Gasteiger partial charge is 0.119 e. The predicted molar refractivity (Wildman–Crippen MR) is 68.9 cm³/mol. The SMILES string of the molecule is CCC(C)C(CN)Nc1ccc(OC)cc1. The molecule has 2 atom stereocenters. The van der Waals surface area contributed by atoms with E-state index in [2.05, 4.69) is 19.2 Å². The molecule has 1 aromatic carbocycles. The first-order valence-corrected chi connectivity index (χ1v) is 5.81. The van der Waals surface area contributed by atoms with E-state index in [0.717, 1.165) is 17.9 Å². The Labute approximate surface area is 98.0 Å². The van der Waals surface area contributed by atoms with Gasteiger partial charge in [-0.25, -0.2) is 0 Å². The van der Waals surface area contributed by atoms with Crippen LogP contribution in [0.15, 0.2) is 24.3 Å². The van der Waals surface area contributed by atoms with Gasteiger partial charge in [0.2, 0.25) is 0 Å². The van der Waals surface area contributed by atoms with Crippen LogP contribution in [-0.2, 0) is 0 Å². The lowest BCUT2D eigenvalue weighted by Crippen LogP contribution is -2.34. The van der Waals surface area contributed by atoms with E-state index < -0.39 is 0 Å². The van der Waals surface area contributed by atoms with E-state index in [1.165, 1.54) is 0 Å². The molecule has 0 aliphatic heterocycles. The largest absolute Gasteiger partial charge is 0.497 e. The molecule has 3 N–H and O–H groups in total. The third kappa shape index (κ3) is 3.42. The zero-order chi connectivity index (χ0) is 12.0. The average Bonchev–Trinajstić information content (AvgIpc) is 2.35. The number of nitrogens with one attached hydrogen (secondary N) is 1. The first-order chi connectivity index (χ1) is 7.71. The van der Waals surface area contributed by atoms with Crippen molar-refractivity contribution in [3.8, 4) is 5.75 Å². The lowest BCUT2D eigenvalue weighted by Gasteiger charge is -2.23. The maximum absolute atomic E-state index is 5.77. The summed E-state index contributed by atoms with van der Waals surface area (Å²) in [5.74, 6) is 1.45. The van der Waals surface area contributed by atoms with Gasteiger partial charge in [0, 0.05) is 18.3 Å². The molecule has 0 fully saturated rings. The molecule has 0 heterocycles. The minimum absolute atomic E-state index is 0.332. The van der Waals surface area contributed by atoms with Crippen LogP contribution >= 0.6 is 0 Å². The van der Waals surface area contributed by atoms with Crippen LogP contribution in [0.25, 0.3) is 0 Å². The highest BCUT2D eigenvalue weighted by Gasteiger charge is 2.13. The summed E-state index contributed by atoms with van der Waals surface area (Å²) < 4.78 is 5.12. The number of nitrogens with two attached hydrogens (primary N) is 1. The van der Waals surface area contributed by atoms with Gasteiger partial charge in [-0.1, -0.05) is 20.3 Å². The van der Waals surface area contributed by atoms with Crippen LogP contribution in [0.3, 0.4) is 0 Å². The van der Waals surface area contributed by atoms with Crippen molar-refractivity contribution in [3.05, 3.63) is 24.3 Å². The quantitative estimate of drug-likeness (QED) is 0.777. The molecule has 0 aromatic heterocycles. The molecule has 0 saturated carbocycles. The van der Waals surface area contributed by atoms with E-state index in [0.29, 0.717) is 18.5 Å². The van der Waals surface area contributed by atoms with Gasteiger partial charge in [-0.2, -0.15) is 0 Å². The Morgan fingerprint density at radius 1 is 1.31 bits per heavy atom. The normalized spacial score (nSPS) is 14.2. The van der Waals surface area contributed by atoms with Gasteiger partial charge in [-0.3, -0.25) is 0 Å². The molecule has 0 amide bonds. The topological polar surface area (TPSA) is 47.3 Å². The second kappa shape index (κ2) is 6.38. The van der Waals surface area contributed by atoms with Crippen molar-refractivity contribution in [2.75, 3.05) is 19.0 Å². The lowest BCUT2D eigenvalue weighted by molar-refractivity contribution is 0.415. The van der Waals surface area contributed by atoms with Gasteiger partial charge >= 0.3 is 0 Å². The summed E-state index contributed by atoms with van der Waals surface area (Å²) in [7, 11) is 1.67. The van der Waals surface area contributed by atoms with Crippen molar-refractivity contribution in [2.45, 2.75) is 26.3 Å². The third-order valence-electron chi connectivity index (χ3n) is 3.03. The second-order valence-corrected chi connectivity index (χ2v) is 4.10. The number of methoxy groups -OCH3 is 1. The fourth-order valence-corrected chi connectivity index (χ4v) is 1.62. The summed E-state index contributed by atoms with van der Waals surface area (Å²) >= 11 is 0. The molecule has 16 heavy (non-hydrogen) atoms. The summed E-state index contributed by atoms with van der Waals surface area (Å²) in [4.78, 5) is 0. The minimum Gasteiger partial charge on any atom is -0.497 e. The van der Waals surface area contributed by atoms with Crippen LogP contribution in [0.2, 0.25) is 0 Å². The molecule has 3 nitrogen and oxygen atoms in total. The Balaban J connectivity index is 2.63.